The van der Waals surface area contributed by atoms with Crippen LogP contribution in [0.2, 0.25) is 0 Å². The Labute approximate surface area is 133 Å². The van der Waals surface area contributed by atoms with Crippen molar-refractivity contribution in [2.45, 2.75) is 19.3 Å². The van der Waals surface area contributed by atoms with Crippen LogP contribution in [0.1, 0.15) is 22.0 Å². The van der Waals surface area contributed by atoms with E-state index in [0.717, 1.165) is 5.76 Å². The van der Waals surface area contributed by atoms with Crippen LogP contribution in [0, 0.1) is 0 Å². The number of furan rings is 1. The third-order valence-electron chi connectivity index (χ3n) is 3.85. The van der Waals surface area contributed by atoms with Gasteiger partial charge in [-0.1, -0.05) is 0 Å². The molecule has 0 aliphatic carbocycles. The third kappa shape index (κ3) is 3.79. The van der Waals surface area contributed by atoms with E-state index in [1.165, 1.54) is 12.5 Å². The van der Waals surface area contributed by atoms with E-state index in [-0.39, 0.29) is 19.1 Å². The predicted molar refractivity (Wildman–Crippen MR) is 80.4 cm³/mol. The van der Waals surface area contributed by atoms with Crippen molar-refractivity contribution in [1.29, 1.82) is 0 Å². The van der Waals surface area contributed by atoms with Gasteiger partial charge < -0.3 is 24.5 Å². The number of H-pyrrole nitrogens is 1. The summed E-state index contributed by atoms with van der Waals surface area (Å²) in [6.45, 7) is 2.29. The molecule has 23 heavy (non-hydrogen) atoms. The van der Waals surface area contributed by atoms with Gasteiger partial charge in [0.25, 0.3) is 5.91 Å². The van der Waals surface area contributed by atoms with E-state index >= 15 is 0 Å². The molecule has 8 heteroatoms. The van der Waals surface area contributed by atoms with Gasteiger partial charge in [0.1, 0.15) is 23.8 Å². The van der Waals surface area contributed by atoms with Crippen LogP contribution in [0.4, 0.5) is 0 Å². The summed E-state index contributed by atoms with van der Waals surface area (Å²) in [6.07, 6.45) is 2.32. The Kier molecular flexibility index (Phi) is 4.75. The van der Waals surface area contributed by atoms with Crippen LogP contribution in [0.15, 0.2) is 29.1 Å². The van der Waals surface area contributed by atoms with Crippen LogP contribution in [-0.4, -0.2) is 68.2 Å². The first-order chi connectivity index (χ1) is 11.2. The number of aliphatic hydroxyl groups is 2. The summed E-state index contributed by atoms with van der Waals surface area (Å²) in [4.78, 5) is 22.6. The number of hydrogen-bond acceptors (Lipinski definition) is 6. The second-order valence-electron chi connectivity index (χ2n) is 5.63. The molecule has 3 rings (SSSR count). The van der Waals surface area contributed by atoms with E-state index < -0.39 is 6.10 Å². The molecule has 2 aromatic heterocycles. The molecule has 0 bridgehead atoms. The highest BCUT2D eigenvalue weighted by Crippen LogP contribution is 2.14. The van der Waals surface area contributed by atoms with Gasteiger partial charge in [-0.15, -0.1) is 0 Å². The third-order valence-corrected chi connectivity index (χ3v) is 3.85. The number of nitrogens with one attached hydrogen (secondary N) is 1. The van der Waals surface area contributed by atoms with Crippen LogP contribution in [0.25, 0.3) is 0 Å². The molecule has 1 aliphatic rings. The lowest BCUT2D eigenvalue weighted by atomic mass is 10.3. The van der Waals surface area contributed by atoms with Gasteiger partial charge in [0.2, 0.25) is 0 Å². The number of aliphatic hydroxyl groups excluding tert-OH is 2. The molecule has 1 saturated heterocycles. The Morgan fingerprint density at radius 1 is 1.35 bits per heavy atom. The van der Waals surface area contributed by atoms with E-state index in [9.17, 15) is 9.90 Å². The summed E-state index contributed by atoms with van der Waals surface area (Å²) >= 11 is 0. The molecule has 3 heterocycles. The van der Waals surface area contributed by atoms with Crippen molar-refractivity contribution in [1.82, 2.24) is 19.8 Å². The van der Waals surface area contributed by atoms with Crippen molar-refractivity contribution >= 4 is 5.91 Å². The quantitative estimate of drug-likeness (QED) is 0.721. The number of amides is 1. The number of hydrogen-bond donors (Lipinski definition) is 3. The van der Waals surface area contributed by atoms with Crippen molar-refractivity contribution in [2.24, 2.45) is 0 Å². The maximum atomic E-state index is 12.3. The van der Waals surface area contributed by atoms with E-state index in [0.29, 0.717) is 37.6 Å². The lowest BCUT2D eigenvalue weighted by Gasteiger charge is -2.20. The van der Waals surface area contributed by atoms with Crippen LogP contribution < -0.4 is 0 Å². The highest BCUT2D eigenvalue weighted by Gasteiger charge is 2.26. The molecule has 0 aromatic carbocycles. The summed E-state index contributed by atoms with van der Waals surface area (Å²) in [5.74, 6) is 1.09. The summed E-state index contributed by atoms with van der Waals surface area (Å²) in [7, 11) is 0. The molecule has 0 radical (unpaired) electrons. The standard InChI is InChI=1S/C15H20N4O4/c20-9-13-2-1-12(23-13)8-18-3-4-19(7-11(21)6-18)15(22)14-5-16-10-17-14/h1-2,5,10-11,20-21H,3-4,6-9H2,(H,16,17). The average Bonchev–Trinajstić information content (AvgIpc) is 3.18. The number of β-amino-alcohol motifs (C(OH)–C–C–N with tert-alkyl or cyclic N) is 1. The van der Waals surface area contributed by atoms with E-state index in [1.54, 1.807) is 11.0 Å². The Balaban J connectivity index is 1.62. The second kappa shape index (κ2) is 6.95. The molecule has 1 unspecified atom stereocenters. The normalized spacial score (nSPS) is 19.7. The van der Waals surface area contributed by atoms with E-state index in [4.69, 9.17) is 9.52 Å². The lowest BCUT2D eigenvalue weighted by molar-refractivity contribution is 0.0657. The minimum absolute atomic E-state index is 0.130. The molecule has 1 atom stereocenters. The van der Waals surface area contributed by atoms with E-state index in [2.05, 4.69) is 9.97 Å². The van der Waals surface area contributed by atoms with Crippen molar-refractivity contribution in [2.75, 3.05) is 26.2 Å². The molecule has 1 aliphatic heterocycles. The minimum atomic E-state index is -0.628. The molecule has 8 nitrogen and oxygen atoms in total. The van der Waals surface area contributed by atoms with Crippen molar-refractivity contribution in [3.8, 4) is 0 Å². The van der Waals surface area contributed by atoms with Gasteiger partial charge in [-0.3, -0.25) is 9.69 Å². The Hall–Kier alpha value is -2.16. The molecule has 124 valence electrons. The summed E-state index contributed by atoms with van der Waals surface area (Å²) in [6, 6.07) is 3.55. The van der Waals surface area contributed by atoms with Crippen molar-refractivity contribution in [3.05, 3.63) is 41.9 Å². The number of imidazole rings is 1. The van der Waals surface area contributed by atoms with Gasteiger partial charge in [0.05, 0.1) is 25.2 Å². The average molecular weight is 320 g/mol. The topological polar surface area (TPSA) is 106 Å². The van der Waals surface area contributed by atoms with Gasteiger partial charge in [0.15, 0.2) is 0 Å². The zero-order valence-corrected chi connectivity index (χ0v) is 12.7. The lowest BCUT2D eigenvalue weighted by Crippen LogP contribution is -2.37. The van der Waals surface area contributed by atoms with Crippen molar-refractivity contribution in [3.63, 3.8) is 0 Å². The largest absolute Gasteiger partial charge is 0.462 e. The fourth-order valence-corrected chi connectivity index (χ4v) is 2.74. The fraction of sp³-hybridized carbons (Fsp3) is 0.467. The highest BCUT2D eigenvalue weighted by atomic mass is 16.4. The van der Waals surface area contributed by atoms with Crippen LogP contribution >= 0.6 is 0 Å². The number of carbonyl (C=O) groups is 1. The fourth-order valence-electron chi connectivity index (χ4n) is 2.74. The van der Waals surface area contributed by atoms with Gasteiger partial charge in [0, 0.05) is 26.2 Å². The van der Waals surface area contributed by atoms with Crippen LogP contribution in [-0.2, 0) is 13.2 Å². The van der Waals surface area contributed by atoms with Gasteiger partial charge in [-0.05, 0) is 12.1 Å². The SMILES string of the molecule is O=C(c1cnc[nH]1)N1CCN(Cc2ccc(CO)o2)CC(O)C1. The molecular formula is C15H20N4O4. The number of nitrogens with zero attached hydrogens (tertiary/aromatic N) is 3. The smallest absolute Gasteiger partial charge is 0.272 e. The monoisotopic (exact) mass is 320 g/mol. The first-order valence-electron chi connectivity index (χ1n) is 7.52. The molecular weight excluding hydrogens is 300 g/mol. The second-order valence-corrected chi connectivity index (χ2v) is 5.63. The van der Waals surface area contributed by atoms with Crippen molar-refractivity contribution < 1.29 is 19.4 Å². The number of rotatable bonds is 4. The van der Waals surface area contributed by atoms with Gasteiger partial charge in [-0.25, -0.2) is 4.98 Å². The maximum absolute atomic E-state index is 12.3. The van der Waals surface area contributed by atoms with Crippen LogP contribution in [0.5, 0.6) is 0 Å². The molecule has 1 amide bonds. The Morgan fingerprint density at radius 2 is 2.17 bits per heavy atom. The summed E-state index contributed by atoms with van der Waals surface area (Å²) in [5, 5.41) is 19.2. The Morgan fingerprint density at radius 3 is 2.87 bits per heavy atom. The summed E-state index contributed by atoms with van der Waals surface area (Å²) in [5.41, 5.74) is 0.421. The van der Waals surface area contributed by atoms with E-state index in [1.807, 2.05) is 11.0 Å². The number of aromatic amines is 1. The Bertz CT molecular complexity index is 640. The zero-order valence-electron chi connectivity index (χ0n) is 12.7. The van der Waals surface area contributed by atoms with Gasteiger partial charge in [-0.2, -0.15) is 0 Å². The molecule has 3 N–H and O–H groups in total. The molecule has 0 spiro atoms. The van der Waals surface area contributed by atoms with Crippen LogP contribution in [0.3, 0.4) is 0 Å². The first-order valence-corrected chi connectivity index (χ1v) is 7.52. The highest BCUT2D eigenvalue weighted by molar-refractivity contribution is 5.92. The predicted octanol–water partition coefficient (Wildman–Crippen LogP) is -0.186. The molecule has 2 aromatic rings. The molecule has 1 fully saturated rings. The summed E-state index contributed by atoms with van der Waals surface area (Å²) < 4.78 is 5.48. The maximum Gasteiger partial charge on any atom is 0.272 e. The first kappa shape index (κ1) is 15.7. The van der Waals surface area contributed by atoms with Gasteiger partial charge >= 0.3 is 0 Å². The zero-order chi connectivity index (χ0) is 16.2. The number of aromatic nitrogens is 2. The number of carbonyl (C=O) groups excluding carboxylic acids is 1. The molecule has 0 saturated carbocycles. The minimum Gasteiger partial charge on any atom is -0.462 e.